The number of hydrogen-bond donors (Lipinski definition) is 4. The minimum atomic E-state index is -0.770. The van der Waals surface area contributed by atoms with Gasteiger partial charge < -0.3 is 49.5 Å². The number of ether oxygens (including phenoxy) is 5. The van der Waals surface area contributed by atoms with Gasteiger partial charge in [-0.1, -0.05) is 30.0 Å². The fourth-order valence-corrected chi connectivity index (χ4v) is 12.1. The topological polar surface area (TPSA) is 203 Å². The number of rotatable bonds is 13. The Balaban J connectivity index is 0.675. The first-order valence-electron chi connectivity index (χ1n) is 25.7. The highest BCUT2D eigenvalue weighted by atomic mass is 35.5. The van der Waals surface area contributed by atoms with Gasteiger partial charge in [-0.15, -0.1) is 6.42 Å². The number of pyridine rings is 2. The first kappa shape index (κ1) is 49.4. The van der Waals surface area contributed by atoms with E-state index < -0.39 is 29.9 Å². The van der Waals surface area contributed by atoms with Crippen LogP contribution in [0.4, 0.5) is 14.6 Å². The zero-order valence-corrected chi connectivity index (χ0v) is 41.9. The molecule has 6 atom stereocenters. The summed E-state index contributed by atoms with van der Waals surface area (Å²) in [5.74, 6) is 2.07. The van der Waals surface area contributed by atoms with E-state index in [-0.39, 0.29) is 82.9 Å². The third-order valence-corrected chi connectivity index (χ3v) is 15.7. The van der Waals surface area contributed by atoms with Crippen molar-refractivity contribution in [3.63, 3.8) is 0 Å². The Hall–Kier alpha value is -6.50. The van der Waals surface area contributed by atoms with Crippen LogP contribution in [-0.2, 0) is 9.47 Å². The van der Waals surface area contributed by atoms with Gasteiger partial charge in [-0.05, 0) is 105 Å². The van der Waals surface area contributed by atoms with Gasteiger partial charge in [0.15, 0.2) is 17.6 Å². The van der Waals surface area contributed by atoms with Gasteiger partial charge in [-0.3, -0.25) is 14.8 Å². The Kier molecular flexibility index (Phi) is 13.5. The molecular weight excluding hydrogens is 986 g/mol. The predicted molar refractivity (Wildman–Crippen MR) is 278 cm³/mol. The number of nitrogens with one attached hydrogen (secondary N) is 1. The number of nitrogens with two attached hydrogens (primary N) is 1. The number of anilines is 1. The number of aliphatic hydroxyl groups excluding tert-OH is 1. The van der Waals surface area contributed by atoms with E-state index in [0.717, 1.165) is 82.6 Å². The molecule has 4 aromatic heterocycles. The third-order valence-electron chi connectivity index (χ3n) is 15.5. The molecule has 0 radical (unpaired) electrons. The zero-order valence-electron chi connectivity index (χ0n) is 41.2. The van der Waals surface area contributed by atoms with Gasteiger partial charge in [0, 0.05) is 68.0 Å². The first-order chi connectivity index (χ1) is 36.5. The van der Waals surface area contributed by atoms with Gasteiger partial charge in [-0.25, -0.2) is 13.8 Å². The molecule has 5 fully saturated rings. The fourth-order valence-electron chi connectivity index (χ4n) is 11.8. The molecule has 9 heterocycles. The molecule has 5 saturated heterocycles. The minimum Gasteiger partial charge on any atom is -0.508 e. The lowest BCUT2D eigenvalue weighted by Crippen LogP contribution is -2.46. The van der Waals surface area contributed by atoms with Crippen LogP contribution in [0.15, 0.2) is 60.8 Å². The van der Waals surface area contributed by atoms with Crippen LogP contribution in [-0.4, -0.2) is 159 Å². The van der Waals surface area contributed by atoms with E-state index in [9.17, 15) is 10.2 Å². The van der Waals surface area contributed by atoms with Crippen LogP contribution in [0.5, 0.6) is 23.5 Å². The third kappa shape index (κ3) is 9.85. The molecule has 0 saturated carbocycles. The van der Waals surface area contributed by atoms with E-state index in [1.165, 1.54) is 30.5 Å². The largest absolute Gasteiger partial charge is 0.508 e. The van der Waals surface area contributed by atoms with Crippen molar-refractivity contribution in [3.8, 4) is 58.4 Å². The molecule has 75 heavy (non-hydrogen) atoms. The second-order valence-electron chi connectivity index (χ2n) is 20.6. The normalized spacial score (nSPS) is 24.3. The number of hydrogen-bond acceptors (Lipinski definition) is 16. The number of piperidine rings is 1. The Morgan fingerprint density at radius 3 is 2.55 bits per heavy atom. The standard InChI is InChI=1S/C55H57ClF2N10O7/c1-2-36-40(57)12-9-32-22-34(69)23-37(44(32)36)47-45(58)48-38(25-60-47)52(68-16-4-3-6-33(59)26-68)65-53(63-48)72-21-19-66-15-5-13-55(29-66)14-17-67(30-55)18-20-71-35-10-7-31(8-11-35)46-39(56)24-41-51(62-46)64-54(61-41)75-43-28-74-49-42(70)27-73-50(43)49/h1,7-12,22-25,33,42-43,49-50,69-70H,3-6,13-21,26-30,59H2,(H,61,62,64)/t33-,42-,43-,49-,50-,55-/m1/s1. The maximum atomic E-state index is 17.1. The van der Waals surface area contributed by atoms with Crippen molar-refractivity contribution < 1.29 is 42.7 Å². The predicted octanol–water partition coefficient (Wildman–Crippen LogP) is 6.87. The number of aromatic hydroxyl groups is 1. The van der Waals surface area contributed by atoms with E-state index in [2.05, 4.69) is 40.6 Å². The highest BCUT2D eigenvalue weighted by molar-refractivity contribution is 6.33. The van der Waals surface area contributed by atoms with Crippen molar-refractivity contribution in [1.29, 1.82) is 0 Å². The van der Waals surface area contributed by atoms with E-state index in [4.69, 9.17) is 57.4 Å². The van der Waals surface area contributed by atoms with Crippen molar-refractivity contribution in [3.05, 3.63) is 83.0 Å². The number of likely N-dealkylation sites (tertiary alicyclic amines) is 2. The van der Waals surface area contributed by atoms with Crippen LogP contribution < -0.4 is 24.8 Å². The average Bonchev–Trinajstić information content (AvgIpc) is 4.16. The summed E-state index contributed by atoms with van der Waals surface area (Å²) in [7, 11) is 0. The van der Waals surface area contributed by atoms with E-state index in [1.807, 2.05) is 24.3 Å². The summed E-state index contributed by atoms with van der Waals surface area (Å²) >= 11 is 6.73. The van der Waals surface area contributed by atoms with Gasteiger partial charge in [0.25, 0.3) is 6.01 Å². The lowest BCUT2D eigenvalue weighted by molar-refractivity contribution is 0.00706. The molecule has 5 aliphatic rings. The summed E-state index contributed by atoms with van der Waals surface area (Å²) in [5, 5.41) is 22.3. The number of aromatic amines is 1. The maximum Gasteiger partial charge on any atom is 0.319 e. The number of terminal acetylenes is 1. The van der Waals surface area contributed by atoms with Crippen molar-refractivity contribution in [1.82, 2.24) is 39.7 Å². The molecule has 3 aromatic carbocycles. The molecule has 5 N–H and O–H groups in total. The van der Waals surface area contributed by atoms with Crippen LogP contribution in [0.25, 0.3) is 55.4 Å². The number of fused-ring (bicyclic) bond motifs is 4. The van der Waals surface area contributed by atoms with E-state index in [0.29, 0.717) is 64.7 Å². The summed E-state index contributed by atoms with van der Waals surface area (Å²) in [6.07, 6.45) is 11.4. The van der Waals surface area contributed by atoms with Gasteiger partial charge in [0.1, 0.15) is 65.9 Å². The van der Waals surface area contributed by atoms with Crippen LogP contribution in [0.1, 0.15) is 44.1 Å². The number of benzene rings is 3. The summed E-state index contributed by atoms with van der Waals surface area (Å²) < 4.78 is 62.1. The van der Waals surface area contributed by atoms with Gasteiger partial charge in [0.05, 0.1) is 40.4 Å². The summed E-state index contributed by atoms with van der Waals surface area (Å²) in [5.41, 5.74) is 9.09. The molecule has 0 unspecified atom stereocenters. The Morgan fingerprint density at radius 1 is 0.893 bits per heavy atom. The van der Waals surface area contributed by atoms with Crippen molar-refractivity contribution in [2.75, 3.05) is 83.7 Å². The molecular formula is C55H57ClF2N10O7. The number of nitrogens with zero attached hydrogens (tertiary/aromatic N) is 8. The minimum absolute atomic E-state index is 0.0126. The monoisotopic (exact) mass is 1040 g/mol. The molecule has 17 nitrogen and oxygen atoms in total. The van der Waals surface area contributed by atoms with Crippen LogP contribution in [0, 0.1) is 29.4 Å². The Morgan fingerprint density at radius 2 is 1.71 bits per heavy atom. The Bertz CT molecular complexity index is 3330. The molecule has 0 aliphatic carbocycles. The van der Waals surface area contributed by atoms with Crippen LogP contribution in [0.3, 0.4) is 0 Å². The highest BCUT2D eigenvalue weighted by Crippen LogP contribution is 2.41. The highest BCUT2D eigenvalue weighted by Gasteiger charge is 2.49. The lowest BCUT2D eigenvalue weighted by Gasteiger charge is -2.40. The lowest BCUT2D eigenvalue weighted by atomic mass is 9.79. The number of H-pyrrole nitrogens is 1. The molecule has 12 rings (SSSR count). The fraction of sp³-hybridized carbons (Fsp3) is 0.436. The van der Waals surface area contributed by atoms with E-state index >= 15 is 8.78 Å². The molecule has 0 bridgehead atoms. The van der Waals surface area contributed by atoms with Crippen LogP contribution in [0.2, 0.25) is 5.02 Å². The van der Waals surface area contributed by atoms with Gasteiger partial charge in [-0.2, -0.15) is 15.0 Å². The van der Waals surface area contributed by atoms with Gasteiger partial charge in [0.2, 0.25) is 0 Å². The number of halogens is 3. The molecule has 0 amide bonds. The Labute approximate surface area is 436 Å². The molecule has 7 aromatic rings. The smallest absolute Gasteiger partial charge is 0.319 e. The second-order valence-corrected chi connectivity index (χ2v) is 21.0. The number of aromatic nitrogens is 6. The molecule has 20 heteroatoms. The number of phenols is 1. The number of phenolic OH excluding ortho intramolecular Hbond substituents is 1. The molecule has 1 spiro atoms. The van der Waals surface area contributed by atoms with Crippen molar-refractivity contribution in [2.45, 2.75) is 69.0 Å². The molecule has 390 valence electrons. The summed E-state index contributed by atoms with van der Waals surface area (Å²) in [6.45, 7) is 7.76. The van der Waals surface area contributed by atoms with Gasteiger partial charge >= 0.3 is 6.01 Å². The van der Waals surface area contributed by atoms with Crippen molar-refractivity contribution >= 4 is 50.3 Å². The first-order valence-corrected chi connectivity index (χ1v) is 26.1. The summed E-state index contributed by atoms with van der Waals surface area (Å²) in [4.78, 5) is 33.5. The van der Waals surface area contributed by atoms with Crippen LogP contribution >= 0.6 is 11.6 Å². The maximum absolute atomic E-state index is 17.1. The number of aliphatic hydroxyl groups is 1. The average molecular weight is 1040 g/mol. The SMILES string of the molecule is C#Cc1c(F)ccc2cc(O)cc(-c3ncc4c(N5CCCC[C@@H](N)C5)nc(OCCN5CCC[C@@]6(CCN(CCOc7ccc(-c8nc9nc(O[C@@H]%10CO[C@H]%11[C@@H]%10OC[C@H]%11O)[nH]c9cc8Cl)cc7)C6)C5)nc4c3F)c12. The number of imidazole rings is 1. The quantitative estimate of drug-likeness (QED) is 0.0871. The second kappa shape index (κ2) is 20.6. The molecule has 5 aliphatic heterocycles. The summed E-state index contributed by atoms with van der Waals surface area (Å²) in [6, 6.07) is 15.2. The zero-order chi connectivity index (χ0) is 51.4. The van der Waals surface area contributed by atoms with Crippen molar-refractivity contribution in [2.24, 2.45) is 11.1 Å². The van der Waals surface area contributed by atoms with E-state index in [1.54, 1.807) is 6.07 Å².